The zero-order valence-corrected chi connectivity index (χ0v) is 34.7. The molecule has 64 heavy (non-hydrogen) atoms. The highest BCUT2D eigenvalue weighted by atomic mass is 15.0. The Bertz CT molecular complexity index is 4190. The van der Waals surface area contributed by atoms with Gasteiger partial charge in [0.05, 0.1) is 33.1 Å². The predicted octanol–water partition coefficient (Wildman–Crippen LogP) is 16.2. The van der Waals surface area contributed by atoms with E-state index in [0.29, 0.717) is 0 Å². The smallest absolute Gasteiger partial charge is 0.0547 e. The fourth-order valence-corrected chi connectivity index (χ4v) is 10.8. The standard InChI is InChI=1S/C60H38N4/c1-2-15-37(16-3-1)39-33-40(63-54-28-10-6-19-45(54)51-35-38(31-32-56(51)63)42-21-12-23-47-43-17-4-8-26-52(43)61-59(42)47)36-41(34-39)64-55-29-11-7-20-50(55)58-46(22-14-30-57(58)64)49-25-13-24-48-44-18-5-9-27-53(44)62-60(48)49/h1-36,61-62H. The average Bonchev–Trinajstić information content (AvgIpc) is 4.12. The van der Waals surface area contributed by atoms with Crippen molar-refractivity contribution in [3.63, 3.8) is 0 Å². The van der Waals surface area contributed by atoms with E-state index < -0.39 is 0 Å². The number of fused-ring (bicyclic) bond motifs is 12. The van der Waals surface area contributed by atoms with Crippen molar-refractivity contribution in [2.75, 3.05) is 0 Å². The number of benzene rings is 10. The highest BCUT2D eigenvalue weighted by Crippen LogP contribution is 2.44. The second kappa shape index (κ2) is 13.4. The first-order valence-electron chi connectivity index (χ1n) is 22.0. The van der Waals surface area contributed by atoms with E-state index in [0.717, 1.165) is 33.5 Å². The van der Waals surface area contributed by atoms with Gasteiger partial charge in [-0.05, 0) is 82.9 Å². The van der Waals surface area contributed by atoms with Crippen LogP contribution in [0, 0.1) is 0 Å². The third-order valence-corrected chi connectivity index (χ3v) is 13.6. The maximum absolute atomic E-state index is 3.79. The highest BCUT2D eigenvalue weighted by Gasteiger charge is 2.21. The van der Waals surface area contributed by atoms with Crippen LogP contribution in [0.1, 0.15) is 0 Å². The monoisotopic (exact) mass is 814 g/mol. The van der Waals surface area contributed by atoms with E-state index in [1.54, 1.807) is 0 Å². The number of para-hydroxylation sites is 6. The molecule has 14 rings (SSSR count). The summed E-state index contributed by atoms with van der Waals surface area (Å²) in [6.45, 7) is 0. The summed E-state index contributed by atoms with van der Waals surface area (Å²) in [4.78, 5) is 7.53. The molecule has 298 valence electrons. The summed E-state index contributed by atoms with van der Waals surface area (Å²) in [5.74, 6) is 0. The summed E-state index contributed by atoms with van der Waals surface area (Å²) in [6.07, 6.45) is 0. The van der Waals surface area contributed by atoms with Gasteiger partial charge in [-0.3, -0.25) is 0 Å². The molecule has 2 N–H and O–H groups in total. The van der Waals surface area contributed by atoms with Gasteiger partial charge in [-0.25, -0.2) is 0 Å². The Hall–Kier alpha value is -8.60. The molecule has 0 saturated carbocycles. The lowest BCUT2D eigenvalue weighted by Gasteiger charge is -2.16. The van der Waals surface area contributed by atoms with Crippen LogP contribution in [0.5, 0.6) is 0 Å². The van der Waals surface area contributed by atoms with Crippen LogP contribution in [-0.4, -0.2) is 19.1 Å². The van der Waals surface area contributed by atoms with Gasteiger partial charge in [-0.2, -0.15) is 0 Å². The van der Waals surface area contributed by atoms with Crippen molar-refractivity contribution in [1.29, 1.82) is 0 Å². The first kappa shape index (κ1) is 35.0. The quantitative estimate of drug-likeness (QED) is 0.174. The van der Waals surface area contributed by atoms with Gasteiger partial charge in [0.25, 0.3) is 0 Å². The Morgan fingerprint density at radius 3 is 1.48 bits per heavy atom. The summed E-state index contributed by atoms with van der Waals surface area (Å²) in [7, 11) is 0. The van der Waals surface area contributed by atoms with E-state index in [2.05, 4.69) is 237 Å². The first-order chi connectivity index (χ1) is 31.7. The van der Waals surface area contributed by atoms with Crippen molar-refractivity contribution >= 4 is 87.2 Å². The number of hydrogen-bond acceptors (Lipinski definition) is 0. The number of nitrogens with one attached hydrogen (secondary N) is 2. The molecule has 0 unspecified atom stereocenters. The molecule has 0 aliphatic carbocycles. The molecule has 0 amide bonds. The van der Waals surface area contributed by atoms with Crippen LogP contribution < -0.4 is 0 Å². The lowest BCUT2D eigenvalue weighted by molar-refractivity contribution is 1.13. The largest absolute Gasteiger partial charge is 0.354 e. The predicted molar refractivity (Wildman–Crippen MR) is 270 cm³/mol. The third kappa shape index (κ3) is 5.05. The van der Waals surface area contributed by atoms with Gasteiger partial charge in [-0.1, -0.05) is 158 Å². The summed E-state index contributed by atoms with van der Waals surface area (Å²) < 4.78 is 4.94. The number of aromatic nitrogens is 4. The molecule has 0 saturated heterocycles. The molecule has 0 fully saturated rings. The molecule has 0 radical (unpaired) electrons. The van der Waals surface area contributed by atoms with Crippen molar-refractivity contribution in [3.8, 4) is 44.8 Å². The summed E-state index contributed by atoms with van der Waals surface area (Å²) in [5, 5.41) is 9.88. The SMILES string of the molecule is c1ccc(-c2cc(-n3c4ccccc4c4cc(-c5cccc6c5[nH]c5ccccc56)ccc43)cc(-n3c4ccccc4c4c(-c5cccc6c5[nH]c5ccccc56)cccc43)c2)cc1. The van der Waals surface area contributed by atoms with Crippen molar-refractivity contribution in [2.45, 2.75) is 0 Å². The van der Waals surface area contributed by atoms with E-state index in [9.17, 15) is 0 Å². The Morgan fingerprint density at radius 1 is 0.266 bits per heavy atom. The zero-order chi connectivity index (χ0) is 41.9. The third-order valence-electron chi connectivity index (χ3n) is 13.6. The average molecular weight is 815 g/mol. The number of hydrogen-bond donors (Lipinski definition) is 2. The minimum atomic E-state index is 1.11. The maximum Gasteiger partial charge on any atom is 0.0547 e. The van der Waals surface area contributed by atoms with Crippen LogP contribution in [0.2, 0.25) is 0 Å². The molecular weight excluding hydrogens is 777 g/mol. The lowest BCUT2D eigenvalue weighted by Crippen LogP contribution is -2.00. The number of H-pyrrole nitrogens is 2. The molecule has 4 nitrogen and oxygen atoms in total. The fraction of sp³-hybridized carbons (Fsp3) is 0. The van der Waals surface area contributed by atoms with Gasteiger partial charge in [0, 0.05) is 76.6 Å². The van der Waals surface area contributed by atoms with E-state index in [1.807, 2.05) is 0 Å². The van der Waals surface area contributed by atoms with E-state index in [1.165, 1.54) is 98.5 Å². The minimum Gasteiger partial charge on any atom is -0.354 e. The van der Waals surface area contributed by atoms with Crippen LogP contribution in [0.4, 0.5) is 0 Å². The van der Waals surface area contributed by atoms with Crippen LogP contribution in [0.15, 0.2) is 218 Å². The van der Waals surface area contributed by atoms with Crippen molar-refractivity contribution in [2.24, 2.45) is 0 Å². The molecule has 4 heterocycles. The lowest BCUT2D eigenvalue weighted by atomic mass is 9.97. The molecule has 10 aromatic carbocycles. The first-order valence-corrected chi connectivity index (χ1v) is 22.0. The van der Waals surface area contributed by atoms with E-state index in [-0.39, 0.29) is 0 Å². The van der Waals surface area contributed by atoms with E-state index >= 15 is 0 Å². The number of rotatable bonds is 5. The molecule has 14 aromatic rings. The van der Waals surface area contributed by atoms with Gasteiger partial charge in [0.2, 0.25) is 0 Å². The van der Waals surface area contributed by atoms with E-state index in [4.69, 9.17) is 0 Å². The maximum atomic E-state index is 3.79. The Morgan fingerprint density at radius 2 is 0.766 bits per heavy atom. The molecule has 4 aromatic heterocycles. The van der Waals surface area contributed by atoms with Crippen molar-refractivity contribution < 1.29 is 0 Å². The van der Waals surface area contributed by atoms with Gasteiger partial charge < -0.3 is 19.1 Å². The van der Waals surface area contributed by atoms with Crippen LogP contribution in [0.25, 0.3) is 132 Å². The fourth-order valence-electron chi connectivity index (χ4n) is 10.8. The van der Waals surface area contributed by atoms with Crippen molar-refractivity contribution in [1.82, 2.24) is 19.1 Å². The summed E-state index contributed by atoms with van der Waals surface area (Å²) in [6, 6.07) is 80.0. The highest BCUT2D eigenvalue weighted by molar-refractivity contribution is 6.20. The minimum absolute atomic E-state index is 1.11. The Balaban J connectivity index is 1.02. The molecule has 4 heteroatoms. The molecule has 0 atom stereocenters. The van der Waals surface area contributed by atoms with Crippen LogP contribution >= 0.6 is 0 Å². The van der Waals surface area contributed by atoms with Gasteiger partial charge in [0.15, 0.2) is 0 Å². The van der Waals surface area contributed by atoms with Crippen molar-refractivity contribution in [3.05, 3.63) is 218 Å². The summed E-state index contributed by atoms with van der Waals surface area (Å²) >= 11 is 0. The topological polar surface area (TPSA) is 41.4 Å². The normalized spacial score (nSPS) is 12.1. The van der Waals surface area contributed by atoms with Gasteiger partial charge in [0.1, 0.15) is 0 Å². The number of aromatic amines is 2. The molecule has 0 aliphatic rings. The molecule has 0 aliphatic heterocycles. The zero-order valence-electron chi connectivity index (χ0n) is 34.7. The summed E-state index contributed by atoms with van der Waals surface area (Å²) in [5.41, 5.74) is 18.7. The van der Waals surface area contributed by atoms with Crippen LogP contribution in [-0.2, 0) is 0 Å². The molecule has 0 bridgehead atoms. The second-order valence-electron chi connectivity index (χ2n) is 17.0. The van der Waals surface area contributed by atoms with Gasteiger partial charge in [-0.15, -0.1) is 0 Å². The van der Waals surface area contributed by atoms with Gasteiger partial charge >= 0.3 is 0 Å². The van der Waals surface area contributed by atoms with Crippen LogP contribution in [0.3, 0.4) is 0 Å². The molecular formula is C60H38N4. The number of nitrogens with zero attached hydrogens (tertiary/aromatic N) is 2. The second-order valence-corrected chi connectivity index (χ2v) is 17.0. The Kier molecular flexibility index (Phi) is 7.36. The Labute approximate surface area is 367 Å². The molecule has 0 spiro atoms.